The second-order valence-corrected chi connectivity index (χ2v) is 9.29. The van der Waals surface area contributed by atoms with Crippen LogP contribution in [0.15, 0.2) is 30.5 Å². The van der Waals surface area contributed by atoms with Gasteiger partial charge in [0.15, 0.2) is 0 Å². The normalized spacial score (nSPS) is 14.8. The number of carboxylic acids is 2. The van der Waals surface area contributed by atoms with Gasteiger partial charge in [0.25, 0.3) is 0 Å². The first-order valence-electron chi connectivity index (χ1n) is 12.4. The summed E-state index contributed by atoms with van der Waals surface area (Å²) in [5.41, 5.74) is 12.1. The Morgan fingerprint density at radius 2 is 1.55 bits per heavy atom. The summed E-state index contributed by atoms with van der Waals surface area (Å²) in [6.45, 7) is 1.19. The van der Waals surface area contributed by atoms with E-state index < -0.39 is 78.7 Å². The molecule has 0 aliphatic rings. The van der Waals surface area contributed by atoms with E-state index in [9.17, 15) is 39.0 Å². The molecule has 2 aromatic rings. The summed E-state index contributed by atoms with van der Waals surface area (Å²) in [5, 5.41) is 36.5. The molecule has 218 valence electrons. The Bertz CT molecular complexity index is 1240. The van der Waals surface area contributed by atoms with Crippen molar-refractivity contribution in [1.82, 2.24) is 20.9 Å². The Morgan fingerprint density at radius 1 is 0.900 bits per heavy atom. The summed E-state index contributed by atoms with van der Waals surface area (Å²) in [4.78, 5) is 75.4. The Balaban J connectivity index is 2.17. The van der Waals surface area contributed by atoms with Gasteiger partial charge in [-0.1, -0.05) is 18.2 Å². The number of aromatic amines is 1. The Kier molecular flexibility index (Phi) is 11.6. The molecule has 15 heteroatoms. The van der Waals surface area contributed by atoms with E-state index in [1.165, 1.54) is 6.92 Å². The molecule has 1 aromatic carbocycles. The SMILES string of the molecule is CC(O)C(NC(=O)C(N)CCC(N)=O)C(=O)NC(CCC(=O)O)C(=O)NC(Cc1c[nH]c2ccccc12)C(=O)O. The van der Waals surface area contributed by atoms with Gasteiger partial charge < -0.3 is 47.7 Å². The fraction of sp³-hybridized carbons (Fsp3) is 0.440. The van der Waals surface area contributed by atoms with Gasteiger partial charge >= 0.3 is 11.9 Å². The number of carboxylic acid groups (broad SMARTS) is 2. The standard InChI is InChI=1S/C25H34N6O9/c1-12(32)21(31-22(36)15(26)6-8-19(27)33)24(38)29-17(7-9-20(34)35)23(37)30-18(25(39)40)10-13-11-28-16-5-3-2-4-14(13)16/h2-5,11-12,15,17-18,21,28,32H,6-10,26H2,1H3,(H2,27,33)(H,29,38)(H,30,37)(H,31,36)(H,34,35)(H,39,40). The molecule has 0 fully saturated rings. The fourth-order valence-corrected chi connectivity index (χ4v) is 3.89. The number of H-pyrrole nitrogens is 1. The minimum atomic E-state index is -1.60. The Hall–Kier alpha value is -4.50. The van der Waals surface area contributed by atoms with Gasteiger partial charge in [0, 0.05) is 36.4 Å². The van der Waals surface area contributed by atoms with Gasteiger partial charge in [0.2, 0.25) is 23.6 Å². The summed E-state index contributed by atoms with van der Waals surface area (Å²) < 4.78 is 0. The van der Waals surface area contributed by atoms with Crippen LogP contribution in [0.25, 0.3) is 10.9 Å². The minimum Gasteiger partial charge on any atom is -0.481 e. The number of benzene rings is 1. The summed E-state index contributed by atoms with van der Waals surface area (Å²) in [6, 6.07) is 1.37. The number of primary amides is 1. The first kappa shape index (κ1) is 31.7. The third-order valence-corrected chi connectivity index (χ3v) is 6.09. The molecule has 0 radical (unpaired) electrons. The lowest BCUT2D eigenvalue weighted by Gasteiger charge is -2.26. The highest BCUT2D eigenvalue weighted by molar-refractivity contribution is 5.95. The Morgan fingerprint density at radius 3 is 2.15 bits per heavy atom. The maximum absolute atomic E-state index is 13.1. The number of nitrogens with two attached hydrogens (primary N) is 2. The van der Waals surface area contributed by atoms with Gasteiger partial charge in [-0.2, -0.15) is 0 Å². The molecule has 1 aromatic heterocycles. The molecular weight excluding hydrogens is 528 g/mol. The quantitative estimate of drug-likeness (QED) is 0.109. The van der Waals surface area contributed by atoms with Crippen molar-refractivity contribution in [3.63, 3.8) is 0 Å². The van der Waals surface area contributed by atoms with Gasteiger partial charge in [-0.05, 0) is 31.4 Å². The predicted molar refractivity (Wildman–Crippen MR) is 140 cm³/mol. The highest BCUT2D eigenvalue weighted by atomic mass is 16.4. The highest BCUT2D eigenvalue weighted by Gasteiger charge is 2.33. The summed E-state index contributed by atoms with van der Waals surface area (Å²) in [5.74, 6) is -6.22. The van der Waals surface area contributed by atoms with Crippen LogP contribution in [0.1, 0.15) is 38.2 Å². The van der Waals surface area contributed by atoms with Crippen LogP contribution in [-0.4, -0.2) is 86.1 Å². The lowest BCUT2D eigenvalue weighted by molar-refractivity contribution is -0.143. The van der Waals surface area contributed by atoms with Crippen LogP contribution in [0.3, 0.4) is 0 Å². The summed E-state index contributed by atoms with van der Waals surface area (Å²) in [7, 11) is 0. The van der Waals surface area contributed by atoms with Crippen molar-refractivity contribution in [1.29, 1.82) is 0 Å². The molecule has 15 nitrogen and oxygen atoms in total. The number of aliphatic hydroxyl groups is 1. The molecule has 0 aliphatic heterocycles. The van der Waals surface area contributed by atoms with Crippen molar-refractivity contribution >= 4 is 46.5 Å². The van der Waals surface area contributed by atoms with Crippen molar-refractivity contribution < 1.29 is 44.1 Å². The number of para-hydroxylation sites is 1. The van der Waals surface area contributed by atoms with Crippen LogP contribution < -0.4 is 27.4 Å². The number of carbonyl (C=O) groups is 6. The van der Waals surface area contributed by atoms with Crippen LogP contribution in [-0.2, 0) is 35.2 Å². The molecule has 5 unspecified atom stereocenters. The zero-order valence-electron chi connectivity index (χ0n) is 21.8. The number of hydrogen-bond donors (Lipinski definition) is 9. The van der Waals surface area contributed by atoms with Crippen molar-refractivity contribution in [3.05, 3.63) is 36.0 Å². The van der Waals surface area contributed by atoms with Crippen LogP contribution in [0.2, 0.25) is 0 Å². The molecule has 0 bridgehead atoms. The number of aliphatic carboxylic acids is 2. The van der Waals surface area contributed by atoms with Gasteiger partial charge in [-0.15, -0.1) is 0 Å². The molecular formula is C25H34N6O9. The average Bonchev–Trinajstić information content (AvgIpc) is 3.29. The van der Waals surface area contributed by atoms with E-state index in [0.717, 1.165) is 10.9 Å². The first-order chi connectivity index (χ1) is 18.8. The average molecular weight is 563 g/mol. The molecule has 0 saturated heterocycles. The molecule has 5 atom stereocenters. The number of aliphatic hydroxyl groups excluding tert-OH is 1. The number of aromatic nitrogens is 1. The fourth-order valence-electron chi connectivity index (χ4n) is 3.89. The van der Waals surface area contributed by atoms with E-state index in [0.29, 0.717) is 5.56 Å². The summed E-state index contributed by atoms with van der Waals surface area (Å²) >= 11 is 0. The van der Waals surface area contributed by atoms with Gasteiger partial charge in [0.1, 0.15) is 18.1 Å². The van der Waals surface area contributed by atoms with Crippen LogP contribution in [0.5, 0.6) is 0 Å². The zero-order valence-corrected chi connectivity index (χ0v) is 21.8. The zero-order chi connectivity index (χ0) is 30.0. The third-order valence-electron chi connectivity index (χ3n) is 6.09. The smallest absolute Gasteiger partial charge is 0.326 e. The van der Waals surface area contributed by atoms with Crippen molar-refractivity contribution in [2.24, 2.45) is 11.5 Å². The molecule has 4 amide bonds. The maximum Gasteiger partial charge on any atom is 0.326 e. The lowest BCUT2D eigenvalue weighted by atomic mass is 10.0. The number of carbonyl (C=O) groups excluding carboxylic acids is 4. The minimum absolute atomic E-state index is 0.111. The van der Waals surface area contributed by atoms with Crippen LogP contribution >= 0.6 is 0 Å². The number of hydrogen-bond acceptors (Lipinski definition) is 8. The molecule has 11 N–H and O–H groups in total. The van der Waals surface area contributed by atoms with Gasteiger partial charge in [-0.3, -0.25) is 24.0 Å². The number of nitrogens with one attached hydrogen (secondary N) is 4. The van der Waals surface area contributed by atoms with E-state index in [-0.39, 0.29) is 19.3 Å². The first-order valence-corrected chi connectivity index (χ1v) is 12.4. The lowest BCUT2D eigenvalue weighted by Crippen LogP contribution is -2.60. The van der Waals surface area contributed by atoms with Gasteiger partial charge in [0.05, 0.1) is 12.1 Å². The van der Waals surface area contributed by atoms with Crippen molar-refractivity contribution in [3.8, 4) is 0 Å². The van der Waals surface area contributed by atoms with Gasteiger partial charge in [-0.25, -0.2) is 4.79 Å². The second-order valence-electron chi connectivity index (χ2n) is 9.29. The predicted octanol–water partition coefficient (Wildman–Crippen LogP) is -1.91. The van der Waals surface area contributed by atoms with E-state index >= 15 is 0 Å². The van der Waals surface area contributed by atoms with Crippen molar-refractivity contribution in [2.45, 2.75) is 69.3 Å². The van der Waals surface area contributed by atoms with E-state index in [1.807, 2.05) is 0 Å². The van der Waals surface area contributed by atoms with Crippen LogP contribution in [0.4, 0.5) is 0 Å². The topological polar surface area (TPSA) is 267 Å². The van der Waals surface area contributed by atoms with E-state index in [4.69, 9.17) is 16.6 Å². The molecule has 0 aliphatic carbocycles. The molecule has 1 heterocycles. The monoisotopic (exact) mass is 562 g/mol. The third kappa shape index (κ3) is 9.36. The van der Waals surface area contributed by atoms with Crippen molar-refractivity contribution in [2.75, 3.05) is 0 Å². The van der Waals surface area contributed by atoms with Crippen LogP contribution in [0, 0.1) is 0 Å². The molecule has 0 spiro atoms. The maximum atomic E-state index is 13.1. The Labute approximate surface area is 228 Å². The van der Waals surface area contributed by atoms with E-state index in [1.54, 1.807) is 30.5 Å². The van der Waals surface area contributed by atoms with E-state index in [2.05, 4.69) is 20.9 Å². The molecule has 0 saturated carbocycles. The molecule has 40 heavy (non-hydrogen) atoms. The summed E-state index contributed by atoms with van der Waals surface area (Å²) in [6.07, 6.45) is -1.25. The largest absolute Gasteiger partial charge is 0.481 e. The number of amides is 4. The second kappa shape index (κ2) is 14.6. The molecule has 2 rings (SSSR count). The highest BCUT2D eigenvalue weighted by Crippen LogP contribution is 2.19. The number of fused-ring (bicyclic) bond motifs is 1. The number of rotatable bonds is 16.